The Morgan fingerprint density at radius 1 is 1.11 bits per heavy atom. The minimum absolute atomic E-state index is 0.154. The first-order valence-electron chi connectivity index (χ1n) is 8.72. The maximum Gasteiger partial charge on any atom is 0.235 e. The number of nitrogens with zero attached hydrogens (tertiary/aromatic N) is 1. The second-order valence-corrected chi connectivity index (χ2v) is 8.54. The highest BCUT2D eigenvalue weighted by Gasteiger charge is 2.21. The van der Waals surface area contributed by atoms with Crippen molar-refractivity contribution in [2.24, 2.45) is 0 Å². The van der Waals surface area contributed by atoms with Crippen LogP contribution in [-0.4, -0.2) is 44.1 Å². The highest BCUT2D eigenvalue weighted by atomic mass is 32.2. The summed E-state index contributed by atoms with van der Waals surface area (Å²) >= 11 is 0. The molecule has 0 unspecified atom stereocenters. The monoisotopic (exact) mass is 390 g/mol. The molecule has 0 aliphatic heterocycles. The summed E-state index contributed by atoms with van der Waals surface area (Å²) in [5.74, 6) is 0.401. The Morgan fingerprint density at radius 3 is 2.37 bits per heavy atom. The van der Waals surface area contributed by atoms with Crippen LogP contribution in [0.4, 0.5) is 0 Å². The smallest absolute Gasteiger partial charge is 0.235 e. The van der Waals surface area contributed by atoms with Crippen molar-refractivity contribution >= 4 is 15.9 Å². The van der Waals surface area contributed by atoms with Crippen LogP contribution in [0.2, 0.25) is 0 Å². The average Bonchev–Trinajstić information content (AvgIpc) is 2.60. The molecular formula is C20H26N2O4S. The third-order valence-corrected chi connectivity index (χ3v) is 5.18. The van der Waals surface area contributed by atoms with Crippen LogP contribution in [0.3, 0.4) is 0 Å². The van der Waals surface area contributed by atoms with Crippen LogP contribution in [0.1, 0.15) is 18.1 Å². The molecule has 27 heavy (non-hydrogen) atoms. The van der Waals surface area contributed by atoms with Crippen molar-refractivity contribution in [3.63, 3.8) is 0 Å². The average molecular weight is 391 g/mol. The Balaban J connectivity index is 1.90. The summed E-state index contributed by atoms with van der Waals surface area (Å²) in [5, 5.41) is 2.79. The molecule has 0 radical (unpaired) electrons. The molecule has 0 aromatic heterocycles. The number of carbonyl (C=O) groups is 1. The van der Waals surface area contributed by atoms with Gasteiger partial charge >= 0.3 is 0 Å². The molecular weight excluding hydrogens is 364 g/mol. The number of hydrogen-bond acceptors (Lipinski definition) is 4. The van der Waals surface area contributed by atoms with Gasteiger partial charge in [-0.05, 0) is 31.0 Å². The Bertz CT molecular complexity index is 853. The highest BCUT2D eigenvalue weighted by Crippen LogP contribution is 2.16. The Kier molecular flexibility index (Phi) is 7.38. The van der Waals surface area contributed by atoms with E-state index in [4.69, 9.17) is 4.74 Å². The minimum Gasteiger partial charge on any atom is -0.491 e. The number of carbonyl (C=O) groups excluding carboxylic acids is 1. The van der Waals surface area contributed by atoms with Crippen LogP contribution < -0.4 is 10.1 Å². The third kappa shape index (κ3) is 7.03. The summed E-state index contributed by atoms with van der Waals surface area (Å²) in [7, 11) is -3.51. The van der Waals surface area contributed by atoms with Crippen LogP contribution in [0, 0.1) is 6.92 Å². The minimum atomic E-state index is -3.51. The van der Waals surface area contributed by atoms with E-state index in [1.807, 2.05) is 68.4 Å². The number of hydrogen-bond donors (Lipinski definition) is 1. The van der Waals surface area contributed by atoms with Crippen LogP contribution in [0.5, 0.6) is 5.75 Å². The van der Waals surface area contributed by atoms with Crippen molar-refractivity contribution in [3.8, 4) is 5.75 Å². The molecule has 2 aromatic rings. The molecule has 0 heterocycles. The highest BCUT2D eigenvalue weighted by molar-refractivity contribution is 7.88. The molecule has 0 fully saturated rings. The first-order chi connectivity index (χ1) is 12.8. The number of para-hydroxylation sites is 1. The fourth-order valence-corrected chi connectivity index (χ4v) is 3.27. The maximum atomic E-state index is 12.3. The van der Waals surface area contributed by atoms with Crippen LogP contribution in [0.25, 0.3) is 0 Å². The van der Waals surface area contributed by atoms with Gasteiger partial charge in [0.2, 0.25) is 15.9 Å². The predicted octanol–water partition coefficient (Wildman–Crippen LogP) is 2.34. The topological polar surface area (TPSA) is 75.7 Å². The zero-order valence-electron chi connectivity index (χ0n) is 15.9. The number of sulfonamides is 1. The van der Waals surface area contributed by atoms with Gasteiger partial charge in [-0.1, -0.05) is 48.5 Å². The van der Waals surface area contributed by atoms with Gasteiger partial charge in [0.05, 0.1) is 18.8 Å². The first-order valence-corrected chi connectivity index (χ1v) is 10.6. The lowest BCUT2D eigenvalue weighted by atomic mass is 10.2. The van der Waals surface area contributed by atoms with Crippen molar-refractivity contribution < 1.29 is 17.9 Å². The molecule has 0 spiro atoms. The van der Waals surface area contributed by atoms with Gasteiger partial charge in [0.25, 0.3) is 0 Å². The van der Waals surface area contributed by atoms with Crippen molar-refractivity contribution in [1.82, 2.24) is 9.62 Å². The van der Waals surface area contributed by atoms with Gasteiger partial charge in [0, 0.05) is 6.54 Å². The Hall–Kier alpha value is -2.38. The summed E-state index contributed by atoms with van der Waals surface area (Å²) in [6.45, 7) is 3.99. The van der Waals surface area contributed by atoms with Gasteiger partial charge in [-0.2, -0.15) is 4.31 Å². The van der Waals surface area contributed by atoms with Crippen molar-refractivity contribution in [2.75, 3.05) is 19.4 Å². The molecule has 1 atom stereocenters. The summed E-state index contributed by atoms with van der Waals surface area (Å²) < 4.78 is 30.9. The van der Waals surface area contributed by atoms with E-state index in [-0.39, 0.29) is 25.0 Å². The van der Waals surface area contributed by atoms with Crippen molar-refractivity contribution in [3.05, 3.63) is 65.7 Å². The fraction of sp³-hybridized carbons (Fsp3) is 0.350. The van der Waals surface area contributed by atoms with Crippen molar-refractivity contribution in [1.29, 1.82) is 0 Å². The Morgan fingerprint density at radius 2 is 1.74 bits per heavy atom. The molecule has 0 aliphatic rings. The van der Waals surface area contributed by atoms with Crippen molar-refractivity contribution in [2.45, 2.75) is 26.4 Å². The summed E-state index contributed by atoms with van der Waals surface area (Å²) in [5.41, 5.74) is 1.84. The van der Waals surface area contributed by atoms with Crippen LogP contribution in [0.15, 0.2) is 54.6 Å². The molecule has 0 aliphatic carbocycles. The lowest BCUT2D eigenvalue weighted by Crippen LogP contribution is -2.44. The number of rotatable bonds is 9. The zero-order valence-corrected chi connectivity index (χ0v) is 16.7. The molecule has 1 N–H and O–H groups in total. The maximum absolute atomic E-state index is 12.3. The van der Waals surface area contributed by atoms with E-state index in [0.717, 1.165) is 27.4 Å². The number of ether oxygens (including phenoxy) is 1. The molecule has 0 saturated heterocycles. The van der Waals surface area contributed by atoms with Crippen LogP contribution in [-0.2, 0) is 21.4 Å². The molecule has 146 valence electrons. The predicted molar refractivity (Wildman–Crippen MR) is 106 cm³/mol. The molecule has 2 aromatic carbocycles. The molecule has 7 heteroatoms. The summed E-state index contributed by atoms with van der Waals surface area (Å²) in [4.78, 5) is 12.3. The van der Waals surface area contributed by atoms with Gasteiger partial charge in [0.15, 0.2) is 0 Å². The zero-order chi connectivity index (χ0) is 19.9. The molecule has 6 nitrogen and oxygen atoms in total. The van der Waals surface area contributed by atoms with E-state index in [0.29, 0.717) is 6.61 Å². The first kappa shape index (κ1) is 20.9. The summed E-state index contributed by atoms with van der Waals surface area (Å²) in [6, 6.07) is 16.6. The largest absolute Gasteiger partial charge is 0.491 e. The van der Waals surface area contributed by atoms with E-state index in [2.05, 4.69) is 5.32 Å². The number of benzene rings is 2. The lowest BCUT2D eigenvalue weighted by molar-refractivity contribution is -0.122. The third-order valence-electron chi connectivity index (χ3n) is 3.98. The van der Waals surface area contributed by atoms with Gasteiger partial charge < -0.3 is 10.1 Å². The SMILES string of the molecule is Cc1ccccc1OC[C@H](C)NC(=O)CN(Cc1ccccc1)S(C)(=O)=O. The fourth-order valence-electron chi connectivity index (χ4n) is 2.53. The van der Waals surface area contributed by atoms with E-state index >= 15 is 0 Å². The van der Waals surface area contributed by atoms with Gasteiger partial charge in [-0.3, -0.25) is 4.79 Å². The standard InChI is InChI=1S/C20H26N2O4S/c1-16-9-7-8-12-19(16)26-15-17(2)21-20(23)14-22(27(3,24)25)13-18-10-5-4-6-11-18/h4-12,17H,13-15H2,1-3H3,(H,21,23)/t17-/m0/s1. The molecule has 2 rings (SSSR count). The molecule has 0 bridgehead atoms. The van der Waals surface area contributed by atoms with E-state index < -0.39 is 10.0 Å². The molecule has 0 saturated carbocycles. The normalized spacial score (nSPS) is 12.6. The number of nitrogens with one attached hydrogen (secondary N) is 1. The van der Waals surface area contributed by atoms with Gasteiger partial charge in [0.1, 0.15) is 12.4 Å². The second-order valence-electron chi connectivity index (χ2n) is 6.56. The van der Waals surface area contributed by atoms with Crippen LogP contribution >= 0.6 is 0 Å². The van der Waals surface area contributed by atoms with E-state index in [1.165, 1.54) is 0 Å². The molecule has 1 amide bonds. The Labute approximate surface area is 161 Å². The van der Waals surface area contributed by atoms with Gasteiger partial charge in [-0.25, -0.2) is 8.42 Å². The number of amides is 1. The van der Waals surface area contributed by atoms with E-state index in [1.54, 1.807) is 0 Å². The van der Waals surface area contributed by atoms with E-state index in [9.17, 15) is 13.2 Å². The number of aryl methyl sites for hydroxylation is 1. The van der Waals surface area contributed by atoms with Gasteiger partial charge in [-0.15, -0.1) is 0 Å². The second kappa shape index (κ2) is 9.53. The quantitative estimate of drug-likeness (QED) is 0.713. The lowest BCUT2D eigenvalue weighted by Gasteiger charge is -2.21. The summed E-state index contributed by atoms with van der Waals surface area (Å²) in [6.07, 6.45) is 1.11.